The summed E-state index contributed by atoms with van der Waals surface area (Å²) in [5.74, 6) is -2.61. The van der Waals surface area contributed by atoms with E-state index in [2.05, 4.69) is 5.32 Å². The van der Waals surface area contributed by atoms with Crippen molar-refractivity contribution in [2.45, 2.75) is 19.7 Å². The van der Waals surface area contributed by atoms with Crippen molar-refractivity contribution in [2.24, 2.45) is 0 Å². The van der Waals surface area contributed by atoms with Crippen LogP contribution < -0.4 is 5.32 Å². The van der Waals surface area contributed by atoms with Gasteiger partial charge in [0.1, 0.15) is 6.23 Å². The van der Waals surface area contributed by atoms with Crippen LogP contribution in [0.1, 0.15) is 55.4 Å². The summed E-state index contributed by atoms with van der Waals surface area (Å²) in [5.41, 5.74) is 0.887. The number of benzene rings is 2. The van der Waals surface area contributed by atoms with Gasteiger partial charge in [-0.25, -0.2) is 9.59 Å². The molecule has 0 aliphatic carbocycles. The number of hydrogen-bond donors (Lipinski definition) is 4. The van der Waals surface area contributed by atoms with Crippen LogP contribution in [0.3, 0.4) is 0 Å². The van der Waals surface area contributed by atoms with E-state index < -0.39 is 18.2 Å². The fraction of sp³-hybridized carbons (Fsp3) is 0.167. The highest BCUT2D eigenvalue weighted by Gasteiger charge is 2.17. The maximum atomic E-state index is 11.7. The molecule has 130 valence electrons. The van der Waals surface area contributed by atoms with Crippen molar-refractivity contribution in [3.8, 4) is 0 Å². The van der Waals surface area contributed by atoms with E-state index in [9.17, 15) is 19.5 Å². The van der Waals surface area contributed by atoms with Crippen molar-refractivity contribution in [2.75, 3.05) is 0 Å². The van der Waals surface area contributed by atoms with E-state index in [1.807, 2.05) is 0 Å². The van der Waals surface area contributed by atoms with Crippen LogP contribution in [0.2, 0.25) is 0 Å². The normalized spacial score (nSPS) is 11.8. The second-order valence-electron chi connectivity index (χ2n) is 5.41. The Balaban J connectivity index is 2.23. The van der Waals surface area contributed by atoms with Gasteiger partial charge in [0.05, 0.1) is 11.1 Å². The Morgan fingerprint density at radius 3 is 2.28 bits per heavy atom. The number of nitrogens with one attached hydrogen (secondary N) is 1. The molecule has 0 aliphatic heterocycles. The number of carbonyl (C=O) groups is 3. The molecule has 0 bridgehead atoms. The maximum absolute atomic E-state index is 11.7. The highest BCUT2D eigenvalue weighted by Crippen LogP contribution is 2.18. The monoisotopic (exact) mass is 343 g/mol. The van der Waals surface area contributed by atoms with Gasteiger partial charge in [-0.15, -0.1) is 0 Å². The van der Waals surface area contributed by atoms with Gasteiger partial charge >= 0.3 is 11.9 Å². The van der Waals surface area contributed by atoms with Gasteiger partial charge in [-0.05, 0) is 30.7 Å². The molecule has 4 N–H and O–H groups in total. The smallest absolute Gasteiger partial charge is 0.336 e. The number of carbonyl (C=O) groups excluding carboxylic acids is 1. The minimum absolute atomic E-state index is 0.00859. The van der Waals surface area contributed by atoms with Crippen LogP contribution in [0, 0.1) is 0 Å². The van der Waals surface area contributed by atoms with E-state index in [1.54, 1.807) is 12.1 Å². The lowest BCUT2D eigenvalue weighted by Gasteiger charge is -2.16. The quantitative estimate of drug-likeness (QED) is 0.448. The molecule has 7 heteroatoms. The van der Waals surface area contributed by atoms with E-state index in [0.29, 0.717) is 5.56 Å². The van der Waals surface area contributed by atoms with E-state index >= 15 is 0 Å². The van der Waals surface area contributed by atoms with Gasteiger partial charge in [0, 0.05) is 17.7 Å². The molecule has 0 saturated heterocycles. The summed E-state index contributed by atoms with van der Waals surface area (Å²) in [5, 5.41) is 31.1. The Kier molecular flexibility index (Phi) is 5.63. The predicted molar refractivity (Wildman–Crippen MR) is 88.6 cm³/mol. The molecule has 1 unspecified atom stereocenters. The number of carboxylic acids is 2. The van der Waals surface area contributed by atoms with Gasteiger partial charge < -0.3 is 15.3 Å². The fourth-order valence-corrected chi connectivity index (χ4v) is 2.44. The first kappa shape index (κ1) is 18.3. The third kappa shape index (κ3) is 4.28. The minimum Gasteiger partial charge on any atom is -0.478 e. The van der Waals surface area contributed by atoms with Crippen molar-refractivity contribution in [3.63, 3.8) is 0 Å². The highest BCUT2D eigenvalue weighted by atomic mass is 16.4. The number of rotatable bonds is 7. The second kappa shape index (κ2) is 7.69. The second-order valence-corrected chi connectivity index (χ2v) is 5.41. The molecule has 2 aromatic carbocycles. The number of aliphatic hydroxyl groups excluding tert-OH is 1. The van der Waals surface area contributed by atoms with Gasteiger partial charge in [-0.3, -0.25) is 10.1 Å². The molecule has 0 heterocycles. The van der Waals surface area contributed by atoms with Crippen molar-refractivity contribution < 1.29 is 29.7 Å². The number of ketones is 1. The Morgan fingerprint density at radius 2 is 1.68 bits per heavy atom. The van der Waals surface area contributed by atoms with Gasteiger partial charge in [-0.2, -0.15) is 0 Å². The first-order valence-electron chi connectivity index (χ1n) is 7.42. The van der Waals surface area contributed by atoms with Gasteiger partial charge in [0.15, 0.2) is 5.78 Å². The number of carboxylic acid groups (broad SMARTS) is 2. The molecule has 0 amide bonds. The lowest BCUT2D eigenvalue weighted by atomic mass is 10.0. The molecule has 0 spiro atoms. The van der Waals surface area contributed by atoms with Crippen LogP contribution in [0.15, 0.2) is 42.5 Å². The molecule has 0 aliphatic rings. The first-order valence-corrected chi connectivity index (χ1v) is 7.42. The molecule has 2 aromatic rings. The van der Waals surface area contributed by atoms with Crippen molar-refractivity contribution in [1.82, 2.24) is 5.32 Å². The zero-order valence-corrected chi connectivity index (χ0v) is 13.4. The lowest BCUT2D eigenvalue weighted by molar-refractivity contribution is 0.0679. The predicted octanol–water partition coefficient (Wildman–Crippen LogP) is 2.07. The lowest BCUT2D eigenvalue weighted by Crippen LogP contribution is -2.23. The average molecular weight is 343 g/mol. The summed E-state index contributed by atoms with van der Waals surface area (Å²) >= 11 is 0. The molecular formula is C18H17NO6. The summed E-state index contributed by atoms with van der Waals surface area (Å²) in [6.45, 7) is 1.38. The van der Waals surface area contributed by atoms with E-state index in [0.717, 1.165) is 0 Å². The van der Waals surface area contributed by atoms with E-state index in [4.69, 9.17) is 10.2 Å². The van der Waals surface area contributed by atoms with E-state index in [1.165, 1.54) is 37.3 Å². The Bertz CT molecular complexity index is 830. The third-order valence-corrected chi connectivity index (χ3v) is 3.71. The van der Waals surface area contributed by atoms with Crippen LogP contribution in [0.25, 0.3) is 0 Å². The maximum Gasteiger partial charge on any atom is 0.336 e. The number of Topliss-reactive ketones (excluding diaryl/α,β-unsaturated/α-hetero) is 1. The zero-order chi connectivity index (χ0) is 18.6. The molecule has 25 heavy (non-hydrogen) atoms. The number of hydrogen-bond acceptors (Lipinski definition) is 5. The fourth-order valence-electron chi connectivity index (χ4n) is 2.44. The van der Waals surface area contributed by atoms with Crippen LogP contribution in [-0.2, 0) is 6.54 Å². The Labute approximate surface area is 143 Å². The molecule has 2 rings (SSSR count). The Morgan fingerprint density at radius 1 is 1.00 bits per heavy atom. The van der Waals surface area contributed by atoms with E-state index in [-0.39, 0.29) is 34.6 Å². The SMILES string of the molecule is CC(=O)c1cc(C(=O)O)ccc1CNC(O)c1ccccc1C(=O)O. The number of aliphatic hydroxyl groups is 1. The van der Waals surface area contributed by atoms with Crippen molar-refractivity contribution >= 4 is 17.7 Å². The summed E-state index contributed by atoms with van der Waals surface area (Å²) in [6, 6.07) is 10.2. The first-order chi connectivity index (χ1) is 11.8. The molecule has 7 nitrogen and oxygen atoms in total. The summed E-state index contributed by atoms with van der Waals surface area (Å²) in [7, 11) is 0. The standard InChI is InChI=1S/C18H17NO6/c1-10(20)15-8-11(17(22)23)6-7-12(15)9-19-16(21)13-4-2-3-5-14(13)18(24)25/h2-8,16,19,21H,9H2,1H3,(H,22,23)(H,24,25). The summed E-state index contributed by atoms with van der Waals surface area (Å²) in [6.07, 6.45) is -1.26. The van der Waals surface area contributed by atoms with Crippen molar-refractivity contribution in [3.05, 3.63) is 70.3 Å². The summed E-state index contributed by atoms with van der Waals surface area (Å²) in [4.78, 5) is 34.0. The highest BCUT2D eigenvalue weighted by molar-refractivity contribution is 5.98. The topological polar surface area (TPSA) is 124 Å². The van der Waals surface area contributed by atoms with Gasteiger partial charge in [0.2, 0.25) is 0 Å². The Hall–Kier alpha value is -3.03. The van der Waals surface area contributed by atoms with Crippen molar-refractivity contribution in [1.29, 1.82) is 0 Å². The molecule has 0 aromatic heterocycles. The molecule has 0 saturated carbocycles. The molecule has 1 atom stereocenters. The average Bonchev–Trinajstić information content (AvgIpc) is 2.59. The third-order valence-electron chi connectivity index (χ3n) is 3.71. The molecular weight excluding hydrogens is 326 g/mol. The molecule has 0 radical (unpaired) electrons. The summed E-state index contributed by atoms with van der Waals surface area (Å²) < 4.78 is 0. The van der Waals surface area contributed by atoms with Gasteiger partial charge in [0.25, 0.3) is 0 Å². The van der Waals surface area contributed by atoms with Crippen LogP contribution >= 0.6 is 0 Å². The van der Waals surface area contributed by atoms with Crippen LogP contribution in [0.5, 0.6) is 0 Å². The van der Waals surface area contributed by atoms with Crippen LogP contribution in [-0.4, -0.2) is 33.0 Å². The zero-order valence-electron chi connectivity index (χ0n) is 13.4. The molecule has 0 fully saturated rings. The van der Waals surface area contributed by atoms with Crippen LogP contribution in [0.4, 0.5) is 0 Å². The number of aromatic carboxylic acids is 2. The van der Waals surface area contributed by atoms with Gasteiger partial charge in [-0.1, -0.05) is 24.3 Å². The minimum atomic E-state index is -1.26. The largest absolute Gasteiger partial charge is 0.478 e.